The summed E-state index contributed by atoms with van der Waals surface area (Å²) in [4.78, 5) is 32.4. The molecule has 128 valence electrons. The van der Waals surface area contributed by atoms with Gasteiger partial charge in [-0.2, -0.15) is 0 Å². The number of hydrogen-bond donors (Lipinski definition) is 2. The Morgan fingerprint density at radius 1 is 1.29 bits per heavy atom. The van der Waals surface area contributed by atoms with Crippen molar-refractivity contribution >= 4 is 17.8 Å². The fourth-order valence-electron chi connectivity index (χ4n) is 3.06. The largest absolute Gasteiger partial charge is 0.391 e. The quantitative estimate of drug-likeness (QED) is 0.472. The van der Waals surface area contributed by atoms with Gasteiger partial charge < -0.3 is 15.3 Å². The minimum absolute atomic E-state index is 0.248. The maximum absolute atomic E-state index is 12.3. The van der Waals surface area contributed by atoms with Gasteiger partial charge in [-0.3, -0.25) is 19.5 Å². The summed E-state index contributed by atoms with van der Waals surface area (Å²) in [5.74, 6) is 0.199. The number of aliphatic hydroxyl groups excluding tert-OH is 1. The number of imide groups is 1. The highest BCUT2D eigenvalue weighted by molar-refractivity contribution is 6.21. The van der Waals surface area contributed by atoms with Crippen LogP contribution in [0.15, 0.2) is 29.3 Å². The number of aliphatic imine (C=N–C) groups is 1. The predicted molar refractivity (Wildman–Crippen MR) is 90.0 cm³/mol. The van der Waals surface area contributed by atoms with E-state index in [-0.39, 0.29) is 24.5 Å². The summed E-state index contributed by atoms with van der Waals surface area (Å²) >= 11 is 0. The van der Waals surface area contributed by atoms with Gasteiger partial charge in [0.2, 0.25) is 0 Å². The molecule has 1 atom stereocenters. The highest BCUT2D eigenvalue weighted by atomic mass is 16.3. The number of aliphatic hydroxyl groups is 1. The monoisotopic (exact) mass is 330 g/mol. The third kappa shape index (κ3) is 3.12. The van der Waals surface area contributed by atoms with E-state index in [9.17, 15) is 14.7 Å². The maximum atomic E-state index is 12.3. The molecular formula is C17H22N4O3. The first-order valence-corrected chi connectivity index (χ1v) is 8.28. The van der Waals surface area contributed by atoms with Gasteiger partial charge in [-0.15, -0.1) is 0 Å². The molecule has 1 saturated heterocycles. The summed E-state index contributed by atoms with van der Waals surface area (Å²) < 4.78 is 0. The molecule has 2 aliphatic heterocycles. The SMILES string of the molecule is CCNC(=NCCN1C(=O)c2ccccc2C1=O)N1CC[C@@H](O)C1. The minimum atomic E-state index is -0.329. The number of benzene rings is 1. The third-order valence-electron chi connectivity index (χ3n) is 4.26. The molecule has 0 radical (unpaired) electrons. The highest BCUT2D eigenvalue weighted by Gasteiger charge is 2.34. The maximum Gasteiger partial charge on any atom is 0.261 e. The summed E-state index contributed by atoms with van der Waals surface area (Å²) in [6, 6.07) is 6.87. The number of fused-ring (bicyclic) bond motifs is 1. The first-order chi connectivity index (χ1) is 11.6. The number of likely N-dealkylation sites (tertiary alicyclic amines) is 1. The first kappa shape index (κ1) is 16.4. The van der Waals surface area contributed by atoms with Gasteiger partial charge >= 0.3 is 0 Å². The molecule has 2 amide bonds. The Kier molecular flexibility index (Phi) is 4.80. The number of carbonyl (C=O) groups excluding carboxylic acids is 2. The van der Waals surface area contributed by atoms with Crippen molar-refractivity contribution in [1.29, 1.82) is 0 Å². The fourth-order valence-corrected chi connectivity index (χ4v) is 3.06. The Bertz CT molecular complexity index is 639. The molecule has 2 aliphatic rings. The van der Waals surface area contributed by atoms with E-state index >= 15 is 0 Å². The molecule has 0 saturated carbocycles. The summed E-state index contributed by atoms with van der Waals surface area (Å²) in [6.45, 7) is 4.58. The molecule has 0 spiro atoms. The lowest BCUT2D eigenvalue weighted by molar-refractivity contribution is 0.0659. The lowest BCUT2D eigenvalue weighted by Crippen LogP contribution is -2.41. The van der Waals surface area contributed by atoms with Crippen molar-refractivity contribution in [3.05, 3.63) is 35.4 Å². The van der Waals surface area contributed by atoms with E-state index in [4.69, 9.17) is 0 Å². The molecule has 0 unspecified atom stereocenters. The smallest absolute Gasteiger partial charge is 0.261 e. The molecule has 1 fully saturated rings. The van der Waals surface area contributed by atoms with E-state index in [0.717, 1.165) is 19.5 Å². The summed E-state index contributed by atoms with van der Waals surface area (Å²) in [6.07, 6.45) is 0.396. The van der Waals surface area contributed by atoms with Crippen LogP contribution in [0.4, 0.5) is 0 Å². The van der Waals surface area contributed by atoms with Gasteiger partial charge in [0, 0.05) is 26.2 Å². The van der Waals surface area contributed by atoms with Crippen molar-refractivity contribution in [2.75, 3.05) is 32.7 Å². The van der Waals surface area contributed by atoms with Crippen LogP contribution in [0.2, 0.25) is 0 Å². The standard InChI is InChI=1S/C17H22N4O3/c1-2-18-17(20-9-7-12(22)11-20)19-8-10-21-15(23)13-5-3-4-6-14(13)16(21)24/h3-6,12,22H,2,7-11H2,1H3,(H,18,19)/t12-/m1/s1. The number of rotatable bonds is 4. The molecule has 7 nitrogen and oxygen atoms in total. The molecule has 1 aromatic carbocycles. The van der Waals surface area contributed by atoms with E-state index in [0.29, 0.717) is 30.2 Å². The Hall–Kier alpha value is -2.41. The molecule has 24 heavy (non-hydrogen) atoms. The average molecular weight is 330 g/mol. The van der Waals surface area contributed by atoms with Crippen LogP contribution in [-0.4, -0.2) is 71.5 Å². The van der Waals surface area contributed by atoms with Crippen LogP contribution in [0.25, 0.3) is 0 Å². The van der Waals surface area contributed by atoms with Gasteiger partial charge in [0.1, 0.15) is 0 Å². The molecule has 3 rings (SSSR count). The molecule has 7 heteroatoms. The van der Waals surface area contributed by atoms with E-state index in [1.807, 2.05) is 11.8 Å². The second kappa shape index (κ2) is 7.00. The van der Waals surface area contributed by atoms with Crippen molar-refractivity contribution < 1.29 is 14.7 Å². The summed E-state index contributed by atoms with van der Waals surface area (Å²) in [5.41, 5.74) is 0.919. The average Bonchev–Trinajstić information content (AvgIpc) is 3.11. The normalized spacial score (nSPS) is 20.8. The fraction of sp³-hybridized carbons (Fsp3) is 0.471. The van der Waals surface area contributed by atoms with Crippen LogP contribution >= 0.6 is 0 Å². The van der Waals surface area contributed by atoms with Crippen LogP contribution in [0.1, 0.15) is 34.1 Å². The van der Waals surface area contributed by atoms with Gasteiger partial charge in [-0.25, -0.2) is 0 Å². The number of nitrogens with zero attached hydrogens (tertiary/aromatic N) is 3. The second-order valence-electron chi connectivity index (χ2n) is 5.93. The minimum Gasteiger partial charge on any atom is -0.391 e. The van der Waals surface area contributed by atoms with E-state index in [1.165, 1.54) is 4.90 Å². The van der Waals surface area contributed by atoms with Crippen molar-refractivity contribution in [2.24, 2.45) is 4.99 Å². The zero-order valence-corrected chi connectivity index (χ0v) is 13.7. The Labute approximate surface area is 141 Å². The Balaban J connectivity index is 1.65. The molecule has 2 N–H and O–H groups in total. The third-order valence-corrected chi connectivity index (χ3v) is 4.26. The zero-order chi connectivity index (χ0) is 17.1. The number of amides is 2. The van der Waals surface area contributed by atoms with E-state index in [1.54, 1.807) is 24.3 Å². The van der Waals surface area contributed by atoms with Gasteiger partial charge in [0.15, 0.2) is 5.96 Å². The zero-order valence-electron chi connectivity index (χ0n) is 13.7. The van der Waals surface area contributed by atoms with Crippen molar-refractivity contribution in [1.82, 2.24) is 15.1 Å². The van der Waals surface area contributed by atoms with Crippen LogP contribution in [0.3, 0.4) is 0 Å². The van der Waals surface area contributed by atoms with Crippen molar-refractivity contribution in [3.63, 3.8) is 0 Å². The number of β-amino-alcohol motifs (C(OH)–C–C–N with tert-alkyl or cyclic N) is 1. The molecular weight excluding hydrogens is 308 g/mol. The number of nitrogens with one attached hydrogen (secondary N) is 1. The lowest BCUT2D eigenvalue weighted by Gasteiger charge is -2.21. The molecule has 0 aliphatic carbocycles. The van der Waals surface area contributed by atoms with Gasteiger partial charge in [0.05, 0.1) is 23.8 Å². The molecule has 0 bridgehead atoms. The lowest BCUT2D eigenvalue weighted by atomic mass is 10.1. The summed E-state index contributed by atoms with van der Waals surface area (Å²) in [5, 5.41) is 12.8. The molecule has 2 heterocycles. The van der Waals surface area contributed by atoms with E-state index < -0.39 is 0 Å². The van der Waals surface area contributed by atoms with Crippen LogP contribution in [-0.2, 0) is 0 Å². The first-order valence-electron chi connectivity index (χ1n) is 8.28. The van der Waals surface area contributed by atoms with Crippen LogP contribution < -0.4 is 5.32 Å². The van der Waals surface area contributed by atoms with Gasteiger partial charge in [-0.05, 0) is 25.5 Å². The second-order valence-corrected chi connectivity index (χ2v) is 5.93. The molecule has 0 aromatic heterocycles. The van der Waals surface area contributed by atoms with Crippen LogP contribution in [0, 0.1) is 0 Å². The Morgan fingerprint density at radius 2 is 1.96 bits per heavy atom. The number of hydrogen-bond acceptors (Lipinski definition) is 4. The number of guanidine groups is 1. The molecule has 1 aromatic rings. The van der Waals surface area contributed by atoms with Crippen molar-refractivity contribution in [2.45, 2.75) is 19.4 Å². The number of carbonyl (C=O) groups is 2. The topological polar surface area (TPSA) is 85.2 Å². The predicted octanol–water partition coefficient (Wildman–Crippen LogP) is 0.315. The van der Waals surface area contributed by atoms with Gasteiger partial charge in [-0.1, -0.05) is 12.1 Å². The summed E-state index contributed by atoms with van der Waals surface area (Å²) in [7, 11) is 0. The van der Waals surface area contributed by atoms with E-state index in [2.05, 4.69) is 10.3 Å². The van der Waals surface area contributed by atoms with Crippen molar-refractivity contribution in [3.8, 4) is 0 Å². The Morgan fingerprint density at radius 3 is 2.50 bits per heavy atom. The highest BCUT2D eigenvalue weighted by Crippen LogP contribution is 2.21. The van der Waals surface area contributed by atoms with Gasteiger partial charge in [0.25, 0.3) is 11.8 Å². The van der Waals surface area contributed by atoms with Crippen LogP contribution in [0.5, 0.6) is 0 Å².